The average Bonchev–Trinajstić information content (AvgIpc) is 2.91. The molecule has 2 aliphatic carbocycles. The summed E-state index contributed by atoms with van der Waals surface area (Å²) < 4.78 is 2.16. The van der Waals surface area contributed by atoms with Gasteiger partial charge < -0.3 is 15.2 Å². The van der Waals surface area contributed by atoms with E-state index in [0.717, 1.165) is 32.4 Å². The SMILES string of the molecule is O=C(NC1CCCC1n1ccnc1)C1CC12CCNCC2. The molecule has 2 N–H and O–H groups in total. The fourth-order valence-corrected chi connectivity index (χ4v) is 4.41. The van der Waals surface area contributed by atoms with Crippen molar-refractivity contribution in [3.05, 3.63) is 18.7 Å². The van der Waals surface area contributed by atoms with Crippen LogP contribution in [-0.4, -0.2) is 34.6 Å². The number of hydrogen-bond donors (Lipinski definition) is 2. The summed E-state index contributed by atoms with van der Waals surface area (Å²) in [4.78, 5) is 16.7. The first-order valence-corrected chi connectivity index (χ1v) is 8.27. The topological polar surface area (TPSA) is 59.0 Å². The minimum atomic E-state index is 0.267. The van der Waals surface area contributed by atoms with Crippen LogP contribution in [0.5, 0.6) is 0 Å². The molecule has 4 rings (SSSR count). The Hall–Kier alpha value is -1.36. The zero-order chi connectivity index (χ0) is 14.3. The molecule has 3 unspecified atom stereocenters. The van der Waals surface area contributed by atoms with Gasteiger partial charge in [-0.15, -0.1) is 0 Å². The Kier molecular flexibility index (Phi) is 3.25. The second kappa shape index (κ2) is 5.13. The molecule has 114 valence electrons. The molecule has 1 aromatic heterocycles. The molecule has 0 aromatic carbocycles. The highest BCUT2D eigenvalue weighted by Gasteiger charge is 2.57. The van der Waals surface area contributed by atoms with Gasteiger partial charge >= 0.3 is 0 Å². The van der Waals surface area contributed by atoms with E-state index in [4.69, 9.17) is 0 Å². The van der Waals surface area contributed by atoms with Crippen LogP contribution in [0.3, 0.4) is 0 Å². The lowest BCUT2D eigenvalue weighted by atomic mass is 9.91. The molecular weight excluding hydrogens is 264 g/mol. The third-order valence-electron chi connectivity index (χ3n) is 5.82. The Morgan fingerprint density at radius 3 is 2.95 bits per heavy atom. The van der Waals surface area contributed by atoms with Gasteiger partial charge in [0.05, 0.1) is 12.4 Å². The van der Waals surface area contributed by atoms with Crippen LogP contribution in [0.4, 0.5) is 0 Å². The van der Waals surface area contributed by atoms with Gasteiger partial charge in [0.1, 0.15) is 0 Å². The zero-order valence-electron chi connectivity index (χ0n) is 12.4. The van der Waals surface area contributed by atoms with E-state index >= 15 is 0 Å². The Bertz CT molecular complexity index is 506. The smallest absolute Gasteiger partial charge is 0.223 e. The van der Waals surface area contributed by atoms with Gasteiger partial charge in [-0.1, -0.05) is 0 Å². The van der Waals surface area contributed by atoms with Crippen LogP contribution in [-0.2, 0) is 4.79 Å². The lowest BCUT2D eigenvalue weighted by Crippen LogP contribution is -2.40. The van der Waals surface area contributed by atoms with Gasteiger partial charge in [-0.25, -0.2) is 4.98 Å². The molecule has 0 radical (unpaired) electrons. The number of imidazole rings is 1. The Balaban J connectivity index is 1.38. The number of nitrogens with zero attached hydrogens (tertiary/aromatic N) is 2. The second-order valence-corrected chi connectivity index (χ2v) is 6.99. The van der Waals surface area contributed by atoms with Crippen LogP contribution in [0.25, 0.3) is 0 Å². The largest absolute Gasteiger partial charge is 0.351 e. The van der Waals surface area contributed by atoms with Crippen molar-refractivity contribution >= 4 is 5.91 Å². The highest BCUT2D eigenvalue weighted by molar-refractivity contribution is 5.83. The maximum atomic E-state index is 12.6. The number of carbonyl (C=O) groups excluding carboxylic acids is 1. The highest BCUT2D eigenvalue weighted by atomic mass is 16.2. The lowest BCUT2D eigenvalue weighted by molar-refractivity contribution is -0.124. The van der Waals surface area contributed by atoms with Gasteiger partial charge in [0.2, 0.25) is 5.91 Å². The highest BCUT2D eigenvalue weighted by Crippen LogP contribution is 2.58. The van der Waals surface area contributed by atoms with Crippen LogP contribution in [0.1, 0.15) is 44.6 Å². The van der Waals surface area contributed by atoms with E-state index in [0.29, 0.717) is 17.4 Å². The monoisotopic (exact) mass is 288 g/mol. The van der Waals surface area contributed by atoms with Crippen molar-refractivity contribution in [2.75, 3.05) is 13.1 Å². The molecule has 1 aromatic rings. The van der Waals surface area contributed by atoms with Crippen LogP contribution < -0.4 is 10.6 Å². The standard InChI is InChI=1S/C16H24N4O/c21-15(12-10-16(12)4-6-17-7-5-16)19-13-2-1-3-14(13)20-9-8-18-11-20/h8-9,11-14,17H,1-7,10H2,(H,19,21). The summed E-state index contributed by atoms with van der Waals surface area (Å²) in [5, 5.41) is 6.74. The molecule has 3 aliphatic rings. The maximum absolute atomic E-state index is 12.6. The molecule has 1 spiro atoms. The maximum Gasteiger partial charge on any atom is 0.223 e. The Labute approximate surface area is 125 Å². The zero-order valence-corrected chi connectivity index (χ0v) is 12.4. The molecule has 3 fully saturated rings. The molecule has 2 heterocycles. The van der Waals surface area contributed by atoms with Crippen molar-refractivity contribution in [3.8, 4) is 0 Å². The summed E-state index contributed by atoms with van der Waals surface area (Å²) in [6, 6.07) is 0.672. The number of amides is 1. The summed E-state index contributed by atoms with van der Waals surface area (Å²) in [6.45, 7) is 2.15. The van der Waals surface area contributed by atoms with Crippen molar-refractivity contribution in [1.29, 1.82) is 0 Å². The number of nitrogens with one attached hydrogen (secondary N) is 2. The predicted octanol–water partition coefficient (Wildman–Crippen LogP) is 1.48. The van der Waals surface area contributed by atoms with Crippen molar-refractivity contribution in [3.63, 3.8) is 0 Å². The van der Waals surface area contributed by atoms with E-state index in [1.807, 2.05) is 18.7 Å². The minimum absolute atomic E-state index is 0.267. The quantitative estimate of drug-likeness (QED) is 0.886. The first-order chi connectivity index (χ1) is 10.3. The third-order valence-corrected chi connectivity index (χ3v) is 5.82. The van der Waals surface area contributed by atoms with E-state index in [1.165, 1.54) is 19.3 Å². The molecule has 1 aliphatic heterocycles. The minimum Gasteiger partial charge on any atom is -0.351 e. The van der Waals surface area contributed by atoms with Gasteiger partial charge in [0.25, 0.3) is 0 Å². The summed E-state index contributed by atoms with van der Waals surface area (Å²) in [6.07, 6.45) is 12.6. The Morgan fingerprint density at radius 2 is 2.19 bits per heavy atom. The van der Waals surface area contributed by atoms with Gasteiger partial charge in [0, 0.05) is 24.4 Å². The van der Waals surface area contributed by atoms with Crippen molar-refractivity contribution < 1.29 is 4.79 Å². The molecule has 1 saturated heterocycles. The van der Waals surface area contributed by atoms with Crippen molar-refractivity contribution in [2.45, 2.75) is 50.6 Å². The second-order valence-electron chi connectivity index (χ2n) is 6.99. The molecule has 5 nitrogen and oxygen atoms in total. The van der Waals surface area contributed by atoms with Crippen LogP contribution in [0, 0.1) is 11.3 Å². The van der Waals surface area contributed by atoms with Gasteiger partial charge in [-0.3, -0.25) is 4.79 Å². The van der Waals surface area contributed by atoms with Crippen molar-refractivity contribution in [2.24, 2.45) is 11.3 Å². The fraction of sp³-hybridized carbons (Fsp3) is 0.750. The van der Waals surface area contributed by atoms with Crippen LogP contribution in [0.15, 0.2) is 18.7 Å². The summed E-state index contributed by atoms with van der Waals surface area (Å²) >= 11 is 0. The number of aromatic nitrogens is 2. The lowest BCUT2D eigenvalue weighted by Gasteiger charge is -2.25. The number of hydrogen-bond acceptors (Lipinski definition) is 3. The third kappa shape index (κ3) is 2.37. The first kappa shape index (κ1) is 13.3. The molecule has 21 heavy (non-hydrogen) atoms. The number of piperidine rings is 1. The van der Waals surface area contributed by atoms with Gasteiger partial charge in [0.15, 0.2) is 0 Å². The van der Waals surface area contributed by atoms with Crippen molar-refractivity contribution in [1.82, 2.24) is 20.2 Å². The van der Waals surface area contributed by atoms with Gasteiger partial charge in [-0.2, -0.15) is 0 Å². The molecule has 1 amide bonds. The molecular formula is C16H24N4O. The van der Waals surface area contributed by atoms with E-state index < -0.39 is 0 Å². The normalized spacial score (nSPS) is 34.0. The van der Waals surface area contributed by atoms with Gasteiger partial charge in [-0.05, 0) is 57.0 Å². The first-order valence-electron chi connectivity index (χ1n) is 8.27. The molecule has 0 bridgehead atoms. The van der Waals surface area contributed by atoms with E-state index in [1.54, 1.807) is 0 Å². The number of carbonyl (C=O) groups is 1. The Morgan fingerprint density at radius 1 is 1.33 bits per heavy atom. The molecule has 2 saturated carbocycles. The summed E-state index contributed by atoms with van der Waals surface area (Å²) in [7, 11) is 0. The fourth-order valence-electron chi connectivity index (χ4n) is 4.41. The van der Waals surface area contributed by atoms with E-state index in [9.17, 15) is 4.79 Å². The summed E-state index contributed by atoms with van der Waals surface area (Å²) in [5.74, 6) is 0.567. The predicted molar refractivity (Wildman–Crippen MR) is 79.7 cm³/mol. The number of rotatable bonds is 3. The van der Waals surface area contributed by atoms with E-state index in [-0.39, 0.29) is 12.0 Å². The average molecular weight is 288 g/mol. The summed E-state index contributed by atoms with van der Waals surface area (Å²) in [5.41, 5.74) is 0.332. The van der Waals surface area contributed by atoms with Crippen LogP contribution in [0.2, 0.25) is 0 Å². The van der Waals surface area contributed by atoms with E-state index in [2.05, 4.69) is 20.2 Å². The van der Waals surface area contributed by atoms with Crippen LogP contribution >= 0.6 is 0 Å². The molecule has 3 atom stereocenters. The molecule has 5 heteroatoms.